The molecule has 0 saturated heterocycles. The molecule has 0 saturated carbocycles. The Bertz CT molecular complexity index is 328. The molecule has 0 aromatic carbocycles. The first-order valence-corrected chi connectivity index (χ1v) is 4.12. The van der Waals surface area contributed by atoms with E-state index < -0.39 is 0 Å². The van der Waals surface area contributed by atoms with Gasteiger partial charge in [-0.2, -0.15) is 0 Å². The Labute approximate surface area is 71.6 Å². The Hall–Kier alpha value is -1.25. The summed E-state index contributed by atoms with van der Waals surface area (Å²) in [5, 5.41) is 0. The molecule has 3 nitrogen and oxygen atoms in total. The van der Waals surface area contributed by atoms with Crippen LogP contribution in [0.4, 0.5) is 0 Å². The average molecular weight is 161 g/mol. The summed E-state index contributed by atoms with van der Waals surface area (Å²) in [6.07, 6.45) is 3.44. The van der Waals surface area contributed by atoms with E-state index in [2.05, 4.69) is 28.8 Å². The largest absolute Gasteiger partial charge is 0.282 e. The van der Waals surface area contributed by atoms with Crippen molar-refractivity contribution in [2.75, 3.05) is 0 Å². The number of fused-ring (bicyclic) bond motifs is 1. The van der Waals surface area contributed by atoms with Crippen molar-refractivity contribution in [1.29, 1.82) is 0 Å². The minimum absolute atomic E-state index is 0.470. The molecule has 0 unspecified atom stereocenters. The van der Waals surface area contributed by atoms with Gasteiger partial charge in [0.05, 0.1) is 12.2 Å². The van der Waals surface area contributed by atoms with E-state index >= 15 is 0 Å². The number of nitrogens with zero attached hydrogens (tertiary/aromatic N) is 3. The lowest BCUT2D eigenvalue weighted by atomic mass is 10.0. The summed E-state index contributed by atoms with van der Waals surface area (Å²) >= 11 is 0. The van der Waals surface area contributed by atoms with Crippen molar-refractivity contribution < 1.29 is 0 Å². The molecule has 0 N–H and O–H groups in total. The Morgan fingerprint density at radius 2 is 2.25 bits per heavy atom. The van der Waals surface area contributed by atoms with Crippen LogP contribution >= 0.6 is 0 Å². The van der Waals surface area contributed by atoms with Crippen LogP contribution in [-0.2, 0) is 6.54 Å². The van der Waals surface area contributed by atoms with Crippen LogP contribution in [0.1, 0.15) is 25.1 Å². The Morgan fingerprint density at radius 3 is 3.00 bits per heavy atom. The van der Waals surface area contributed by atoms with Crippen LogP contribution in [0.25, 0.3) is 0 Å². The summed E-state index contributed by atoms with van der Waals surface area (Å²) in [4.78, 5) is 12.6. The van der Waals surface area contributed by atoms with Gasteiger partial charge < -0.3 is 0 Å². The van der Waals surface area contributed by atoms with E-state index in [-0.39, 0.29) is 0 Å². The second-order valence-electron chi connectivity index (χ2n) is 3.24. The standard InChI is InChI=1S/C9H11N3/c1-6(2)9-7-3-10-5-12-8(7)4-11-9/h3,5-6H,4H2,1-2H3. The maximum atomic E-state index is 4.42. The van der Waals surface area contributed by atoms with Crippen molar-refractivity contribution in [2.24, 2.45) is 10.9 Å². The summed E-state index contributed by atoms with van der Waals surface area (Å²) in [5.41, 5.74) is 3.34. The summed E-state index contributed by atoms with van der Waals surface area (Å²) in [6, 6.07) is 0. The van der Waals surface area contributed by atoms with Crippen LogP contribution in [-0.4, -0.2) is 15.7 Å². The summed E-state index contributed by atoms with van der Waals surface area (Å²) in [6.45, 7) is 5.01. The number of hydrogen-bond donors (Lipinski definition) is 0. The van der Waals surface area contributed by atoms with E-state index in [0.29, 0.717) is 5.92 Å². The van der Waals surface area contributed by atoms with E-state index in [1.165, 1.54) is 0 Å². The fourth-order valence-corrected chi connectivity index (χ4v) is 1.43. The molecule has 0 aliphatic carbocycles. The second kappa shape index (κ2) is 2.66. The van der Waals surface area contributed by atoms with E-state index in [1.807, 2.05) is 6.20 Å². The predicted octanol–water partition coefficient (Wildman–Crippen LogP) is 1.44. The Kier molecular flexibility index (Phi) is 1.64. The van der Waals surface area contributed by atoms with Crippen molar-refractivity contribution in [3.63, 3.8) is 0 Å². The third kappa shape index (κ3) is 1.02. The molecule has 0 atom stereocenters. The minimum Gasteiger partial charge on any atom is -0.282 e. The lowest BCUT2D eigenvalue weighted by Crippen LogP contribution is -2.07. The summed E-state index contributed by atoms with van der Waals surface area (Å²) < 4.78 is 0. The second-order valence-corrected chi connectivity index (χ2v) is 3.24. The molecule has 62 valence electrons. The molecule has 2 rings (SSSR count). The first kappa shape index (κ1) is 7.40. The molecule has 2 heterocycles. The maximum Gasteiger partial charge on any atom is 0.115 e. The van der Waals surface area contributed by atoms with Crippen molar-refractivity contribution in [3.05, 3.63) is 23.8 Å². The summed E-state index contributed by atoms with van der Waals surface area (Å²) in [5.74, 6) is 0.470. The summed E-state index contributed by atoms with van der Waals surface area (Å²) in [7, 11) is 0. The van der Waals surface area contributed by atoms with E-state index in [0.717, 1.165) is 23.5 Å². The van der Waals surface area contributed by atoms with Gasteiger partial charge in [0.25, 0.3) is 0 Å². The van der Waals surface area contributed by atoms with Gasteiger partial charge in [0.1, 0.15) is 6.33 Å². The number of aliphatic imine (C=N–C) groups is 1. The van der Waals surface area contributed by atoms with Crippen molar-refractivity contribution in [2.45, 2.75) is 20.4 Å². The van der Waals surface area contributed by atoms with Gasteiger partial charge in [0.15, 0.2) is 0 Å². The number of rotatable bonds is 1. The average Bonchev–Trinajstić information content (AvgIpc) is 2.47. The highest BCUT2D eigenvalue weighted by Gasteiger charge is 2.18. The van der Waals surface area contributed by atoms with Gasteiger partial charge in [0, 0.05) is 17.5 Å². The zero-order valence-electron chi connectivity index (χ0n) is 7.28. The molecule has 12 heavy (non-hydrogen) atoms. The topological polar surface area (TPSA) is 38.1 Å². The molecular weight excluding hydrogens is 150 g/mol. The van der Waals surface area contributed by atoms with Crippen LogP contribution in [0.5, 0.6) is 0 Å². The first-order chi connectivity index (χ1) is 5.79. The monoisotopic (exact) mass is 161 g/mol. The first-order valence-electron chi connectivity index (χ1n) is 4.12. The minimum atomic E-state index is 0.470. The maximum absolute atomic E-state index is 4.42. The number of aromatic nitrogens is 2. The molecule has 0 amide bonds. The van der Waals surface area contributed by atoms with Gasteiger partial charge in [-0.05, 0) is 5.92 Å². The lowest BCUT2D eigenvalue weighted by Gasteiger charge is -2.04. The molecular formula is C9H11N3. The van der Waals surface area contributed by atoms with Gasteiger partial charge in [-0.15, -0.1) is 0 Å². The van der Waals surface area contributed by atoms with E-state index in [9.17, 15) is 0 Å². The zero-order valence-corrected chi connectivity index (χ0v) is 7.28. The molecule has 1 aliphatic heterocycles. The van der Waals surface area contributed by atoms with Crippen LogP contribution in [0.15, 0.2) is 17.5 Å². The van der Waals surface area contributed by atoms with E-state index in [1.54, 1.807) is 6.33 Å². The van der Waals surface area contributed by atoms with Crippen molar-refractivity contribution in [1.82, 2.24) is 9.97 Å². The predicted molar refractivity (Wildman–Crippen MR) is 47.1 cm³/mol. The molecule has 1 aromatic rings. The molecule has 3 heteroatoms. The van der Waals surface area contributed by atoms with Crippen LogP contribution in [0.2, 0.25) is 0 Å². The normalized spacial score (nSPS) is 14.8. The molecule has 0 bridgehead atoms. The highest BCUT2D eigenvalue weighted by Crippen LogP contribution is 2.19. The van der Waals surface area contributed by atoms with Crippen LogP contribution in [0, 0.1) is 5.92 Å². The van der Waals surface area contributed by atoms with Gasteiger partial charge >= 0.3 is 0 Å². The van der Waals surface area contributed by atoms with E-state index in [4.69, 9.17) is 0 Å². The SMILES string of the molecule is CC(C)C1=NCc2ncncc21. The molecule has 1 aliphatic rings. The highest BCUT2D eigenvalue weighted by atomic mass is 14.9. The molecule has 0 radical (unpaired) electrons. The third-order valence-electron chi connectivity index (χ3n) is 2.02. The highest BCUT2D eigenvalue weighted by molar-refractivity contribution is 6.04. The quantitative estimate of drug-likeness (QED) is 0.625. The van der Waals surface area contributed by atoms with Crippen molar-refractivity contribution in [3.8, 4) is 0 Å². The third-order valence-corrected chi connectivity index (χ3v) is 2.02. The van der Waals surface area contributed by atoms with Crippen LogP contribution in [0.3, 0.4) is 0 Å². The zero-order chi connectivity index (χ0) is 8.55. The Morgan fingerprint density at radius 1 is 1.42 bits per heavy atom. The van der Waals surface area contributed by atoms with Gasteiger partial charge in [-0.3, -0.25) is 4.99 Å². The Balaban J connectivity index is 2.45. The fraction of sp³-hybridized carbons (Fsp3) is 0.444. The van der Waals surface area contributed by atoms with Gasteiger partial charge in [-0.1, -0.05) is 13.8 Å². The molecule has 0 fully saturated rings. The lowest BCUT2D eigenvalue weighted by molar-refractivity contribution is 0.882. The molecule has 1 aromatic heterocycles. The van der Waals surface area contributed by atoms with Crippen LogP contribution < -0.4 is 0 Å². The van der Waals surface area contributed by atoms with Gasteiger partial charge in [0.2, 0.25) is 0 Å². The van der Waals surface area contributed by atoms with Crippen molar-refractivity contribution >= 4 is 5.71 Å². The van der Waals surface area contributed by atoms with Gasteiger partial charge in [-0.25, -0.2) is 9.97 Å². The molecule has 0 spiro atoms. The fourth-order valence-electron chi connectivity index (χ4n) is 1.43. The number of hydrogen-bond acceptors (Lipinski definition) is 3. The smallest absolute Gasteiger partial charge is 0.115 e.